The van der Waals surface area contributed by atoms with Gasteiger partial charge in [-0.2, -0.15) is 4.31 Å². The van der Waals surface area contributed by atoms with Crippen LogP contribution in [0.2, 0.25) is 0 Å². The lowest BCUT2D eigenvalue weighted by Crippen LogP contribution is -2.52. The van der Waals surface area contributed by atoms with E-state index in [0.29, 0.717) is 32.7 Å². The van der Waals surface area contributed by atoms with Crippen molar-refractivity contribution in [2.75, 3.05) is 71.9 Å². The number of piperazine rings is 1. The maximum absolute atomic E-state index is 13.4. The smallest absolute Gasteiger partial charge is 0.243 e. The fraction of sp³-hybridized carbons (Fsp3) is 0.393. The van der Waals surface area contributed by atoms with Crippen LogP contribution in [0.15, 0.2) is 65.6 Å². The number of aryl methyl sites for hydroxylation is 1. The molecule has 1 amide bonds. The maximum atomic E-state index is 13.4. The number of ether oxygens (including phenoxy) is 1. The summed E-state index contributed by atoms with van der Waals surface area (Å²) in [7, 11) is 1.58. The van der Waals surface area contributed by atoms with Gasteiger partial charge in [0.1, 0.15) is 5.75 Å². The molecule has 0 spiro atoms. The molecule has 2 aromatic carbocycles. The third-order valence-electron chi connectivity index (χ3n) is 6.74. The van der Waals surface area contributed by atoms with E-state index in [2.05, 4.69) is 15.1 Å². The molecule has 1 aliphatic rings. The number of hydrogen-bond donors (Lipinski definition) is 0. The molecule has 0 bridgehead atoms. The number of carbonyl (C=O) groups excluding carboxylic acids is 1. The van der Waals surface area contributed by atoms with E-state index in [4.69, 9.17) is 4.74 Å². The van der Waals surface area contributed by atoms with Gasteiger partial charge in [0.25, 0.3) is 0 Å². The van der Waals surface area contributed by atoms with E-state index in [-0.39, 0.29) is 23.9 Å². The highest BCUT2D eigenvalue weighted by Crippen LogP contribution is 2.23. The second-order valence-corrected chi connectivity index (χ2v) is 11.8. The average Bonchev–Trinajstić information content (AvgIpc) is 2.95. The van der Waals surface area contributed by atoms with Crippen molar-refractivity contribution < 1.29 is 17.9 Å². The maximum Gasteiger partial charge on any atom is 0.243 e. The summed E-state index contributed by atoms with van der Waals surface area (Å²) in [6, 6.07) is 18.2. The number of amides is 1. The van der Waals surface area contributed by atoms with Gasteiger partial charge in [-0.25, -0.2) is 8.42 Å². The lowest BCUT2D eigenvalue weighted by atomic mass is 10.1. The van der Waals surface area contributed by atoms with Gasteiger partial charge in [-0.05, 0) is 57.4 Å². The van der Waals surface area contributed by atoms with E-state index in [9.17, 15) is 13.2 Å². The van der Waals surface area contributed by atoms with E-state index in [1.165, 1.54) is 4.31 Å². The summed E-state index contributed by atoms with van der Waals surface area (Å²) in [5.74, 6) is 1.29. The number of methoxy groups -OCH3 is 1. The number of rotatable bonds is 10. The fourth-order valence-electron chi connectivity index (χ4n) is 4.32. The number of hydrogen-bond acceptors (Lipinski definition) is 8. The van der Waals surface area contributed by atoms with Gasteiger partial charge in [0.15, 0.2) is 5.82 Å². The normalized spacial score (nSPS) is 14.2. The highest BCUT2D eigenvalue weighted by molar-refractivity contribution is 7.89. The molecule has 1 saturated heterocycles. The summed E-state index contributed by atoms with van der Waals surface area (Å²) >= 11 is 0. The Morgan fingerprint density at radius 1 is 0.949 bits per heavy atom. The highest BCUT2D eigenvalue weighted by atomic mass is 32.2. The Balaban J connectivity index is 1.38. The van der Waals surface area contributed by atoms with Crippen molar-refractivity contribution in [2.45, 2.75) is 11.8 Å². The van der Waals surface area contributed by atoms with Crippen LogP contribution in [0.3, 0.4) is 0 Å². The third-order valence-corrected chi connectivity index (χ3v) is 8.60. The van der Waals surface area contributed by atoms with E-state index in [0.717, 1.165) is 28.4 Å². The zero-order valence-electron chi connectivity index (χ0n) is 22.9. The van der Waals surface area contributed by atoms with Crippen molar-refractivity contribution in [1.29, 1.82) is 0 Å². The minimum atomic E-state index is -3.81. The molecular weight excluding hydrogens is 516 g/mol. The standard InChI is InChI=1S/C28H36N6O4S/c1-22-8-10-25(11-9-22)39(36,37)34(19-14-31(2)3)21-28(35)33-17-15-32(16-18-33)27-13-12-26(29-30-27)23-6-5-7-24(20-23)38-4/h5-13,20H,14-19,21H2,1-4H3. The van der Waals surface area contributed by atoms with Gasteiger partial charge in [0.2, 0.25) is 15.9 Å². The van der Waals surface area contributed by atoms with Crippen LogP contribution in [-0.2, 0) is 14.8 Å². The number of nitrogens with zero attached hydrogens (tertiary/aromatic N) is 6. The van der Waals surface area contributed by atoms with Crippen LogP contribution in [-0.4, -0.2) is 106 Å². The Kier molecular flexibility index (Phi) is 9.16. The van der Waals surface area contributed by atoms with Crippen molar-refractivity contribution in [3.8, 4) is 17.0 Å². The summed E-state index contributed by atoms with van der Waals surface area (Å²) in [6.07, 6.45) is 0. The predicted octanol–water partition coefficient (Wildman–Crippen LogP) is 2.36. The van der Waals surface area contributed by atoms with Crippen LogP contribution in [0, 0.1) is 6.92 Å². The number of sulfonamides is 1. The molecule has 0 unspecified atom stereocenters. The molecule has 0 N–H and O–H groups in total. The number of anilines is 1. The Morgan fingerprint density at radius 2 is 1.67 bits per heavy atom. The Morgan fingerprint density at radius 3 is 2.28 bits per heavy atom. The molecule has 1 fully saturated rings. The first-order valence-corrected chi connectivity index (χ1v) is 14.3. The number of aromatic nitrogens is 2. The third kappa shape index (κ3) is 7.11. The molecule has 10 nitrogen and oxygen atoms in total. The van der Waals surface area contributed by atoms with Gasteiger partial charge in [-0.1, -0.05) is 29.8 Å². The van der Waals surface area contributed by atoms with Crippen LogP contribution in [0.1, 0.15) is 5.56 Å². The van der Waals surface area contributed by atoms with Gasteiger partial charge >= 0.3 is 0 Å². The summed E-state index contributed by atoms with van der Waals surface area (Å²) in [4.78, 5) is 19.1. The molecule has 208 valence electrons. The van der Waals surface area contributed by atoms with Gasteiger partial charge in [0.05, 0.1) is 24.2 Å². The zero-order valence-corrected chi connectivity index (χ0v) is 23.8. The zero-order chi connectivity index (χ0) is 28.0. The minimum Gasteiger partial charge on any atom is -0.497 e. The lowest BCUT2D eigenvalue weighted by molar-refractivity contribution is -0.131. The molecule has 0 radical (unpaired) electrons. The molecule has 1 aromatic heterocycles. The van der Waals surface area contributed by atoms with E-state index < -0.39 is 10.0 Å². The molecule has 11 heteroatoms. The molecule has 3 aromatic rings. The highest BCUT2D eigenvalue weighted by Gasteiger charge is 2.30. The van der Waals surface area contributed by atoms with Crippen molar-refractivity contribution in [3.63, 3.8) is 0 Å². The molecule has 1 aliphatic heterocycles. The second-order valence-electron chi connectivity index (χ2n) is 9.83. The first-order valence-electron chi connectivity index (χ1n) is 12.9. The lowest BCUT2D eigenvalue weighted by Gasteiger charge is -2.36. The van der Waals surface area contributed by atoms with E-state index in [1.807, 2.05) is 62.3 Å². The molecule has 0 atom stereocenters. The van der Waals surface area contributed by atoms with Crippen molar-refractivity contribution >= 4 is 21.7 Å². The first-order chi connectivity index (χ1) is 18.7. The number of likely N-dealkylation sites (N-methyl/N-ethyl adjacent to an activating group) is 1. The Hall–Kier alpha value is -3.54. The van der Waals surface area contributed by atoms with Gasteiger partial charge < -0.3 is 19.4 Å². The predicted molar refractivity (Wildman–Crippen MR) is 151 cm³/mol. The molecule has 2 heterocycles. The van der Waals surface area contributed by atoms with Gasteiger partial charge in [0, 0.05) is 44.8 Å². The van der Waals surface area contributed by atoms with Crippen molar-refractivity contribution in [2.24, 2.45) is 0 Å². The van der Waals surface area contributed by atoms with Crippen molar-refractivity contribution in [3.05, 3.63) is 66.2 Å². The number of benzene rings is 2. The SMILES string of the molecule is COc1cccc(-c2ccc(N3CCN(C(=O)CN(CCN(C)C)S(=O)(=O)c4ccc(C)cc4)CC3)nn2)c1. The van der Waals surface area contributed by atoms with Crippen LogP contribution >= 0.6 is 0 Å². The van der Waals surface area contributed by atoms with Crippen LogP contribution in [0.25, 0.3) is 11.3 Å². The summed E-state index contributed by atoms with van der Waals surface area (Å²) < 4.78 is 33.3. The largest absolute Gasteiger partial charge is 0.497 e. The fourth-order valence-corrected chi connectivity index (χ4v) is 5.70. The first kappa shape index (κ1) is 28.5. The van der Waals surface area contributed by atoms with Crippen LogP contribution < -0.4 is 9.64 Å². The number of carbonyl (C=O) groups is 1. The molecule has 4 rings (SSSR count). The quantitative estimate of drug-likeness (QED) is 0.378. The topological polar surface area (TPSA) is 99.2 Å². The second kappa shape index (κ2) is 12.5. The van der Waals surface area contributed by atoms with E-state index in [1.54, 1.807) is 36.3 Å². The van der Waals surface area contributed by atoms with Crippen molar-refractivity contribution in [1.82, 2.24) is 24.3 Å². The minimum absolute atomic E-state index is 0.195. The molecule has 0 saturated carbocycles. The Labute approximate surface area is 230 Å². The van der Waals surface area contributed by atoms with E-state index >= 15 is 0 Å². The molecule has 39 heavy (non-hydrogen) atoms. The molecular formula is C28H36N6O4S. The average molecular weight is 553 g/mol. The summed E-state index contributed by atoms with van der Waals surface area (Å²) in [5.41, 5.74) is 2.64. The van der Waals surface area contributed by atoms with Crippen LogP contribution in [0.5, 0.6) is 5.75 Å². The summed E-state index contributed by atoms with van der Waals surface area (Å²) in [6.45, 7) is 4.57. The Bertz CT molecular complexity index is 1360. The van der Waals surface area contributed by atoms with Gasteiger partial charge in [-0.15, -0.1) is 10.2 Å². The van der Waals surface area contributed by atoms with Gasteiger partial charge in [-0.3, -0.25) is 4.79 Å². The van der Waals surface area contributed by atoms with Crippen LogP contribution in [0.4, 0.5) is 5.82 Å². The monoisotopic (exact) mass is 552 g/mol. The molecule has 0 aliphatic carbocycles. The summed E-state index contributed by atoms with van der Waals surface area (Å²) in [5, 5.41) is 8.79.